The van der Waals surface area contributed by atoms with E-state index in [2.05, 4.69) is 5.32 Å². The topological polar surface area (TPSA) is 75.3 Å². The van der Waals surface area contributed by atoms with E-state index < -0.39 is 6.04 Å². The third-order valence-electron chi connectivity index (χ3n) is 2.30. The highest BCUT2D eigenvalue weighted by molar-refractivity contribution is 5.82. The summed E-state index contributed by atoms with van der Waals surface area (Å²) in [5.74, 6) is -0.231. The molecule has 4 N–H and O–H groups in total. The smallest absolute Gasteiger partial charge is 0.237 e. The van der Waals surface area contributed by atoms with Crippen molar-refractivity contribution in [1.29, 1.82) is 0 Å². The van der Waals surface area contributed by atoms with Crippen LogP contribution >= 0.6 is 0 Å². The van der Waals surface area contributed by atoms with E-state index in [9.17, 15) is 4.79 Å². The number of aliphatic hydroxyl groups excluding tert-OH is 1. The van der Waals surface area contributed by atoms with Gasteiger partial charge in [0.05, 0.1) is 12.6 Å². The molecule has 16 heavy (non-hydrogen) atoms. The quantitative estimate of drug-likeness (QED) is 0.659. The Balaban J connectivity index is 2.46. The van der Waals surface area contributed by atoms with Gasteiger partial charge in [0.1, 0.15) is 0 Å². The first-order chi connectivity index (χ1) is 7.63. The van der Waals surface area contributed by atoms with Gasteiger partial charge >= 0.3 is 0 Å². The van der Waals surface area contributed by atoms with E-state index in [-0.39, 0.29) is 18.6 Å². The molecule has 0 aliphatic carbocycles. The van der Waals surface area contributed by atoms with Crippen LogP contribution in [0.25, 0.3) is 0 Å². The summed E-state index contributed by atoms with van der Waals surface area (Å²) in [4.78, 5) is 11.6. The summed E-state index contributed by atoms with van der Waals surface area (Å²) in [6.07, 6.45) is 0.505. The minimum Gasteiger partial charge on any atom is -0.394 e. The average Bonchev–Trinajstić information content (AvgIpc) is 2.30. The van der Waals surface area contributed by atoms with Crippen molar-refractivity contribution in [3.63, 3.8) is 0 Å². The maximum Gasteiger partial charge on any atom is 0.237 e. The second-order valence-corrected chi connectivity index (χ2v) is 3.89. The van der Waals surface area contributed by atoms with Crippen LogP contribution in [0.1, 0.15) is 12.5 Å². The number of carbonyl (C=O) groups is 1. The van der Waals surface area contributed by atoms with Crippen molar-refractivity contribution in [2.75, 3.05) is 6.61 Å². The number of rotatable bonds is 5. The summed E-state index contributed by atoms with van der Waals surface area (Å²) in [6, 6.07) is 8.78. The Labute approximate surface area is 95.5 Å². The maximum atomic E-state index is 11.6. The molecule has 0 saturated heterocycles. The Morgan fingerprint density at radius 3 is 2.62 bits per heavy atom. The van der Waals surface area contributed by atoms with E-state index in [1.807, 2.05) is 30.3 Å². The number of amides is 1. The van der Waals surface area contributed by atoms with E-state index in [1.54, 1.807) is 6.92 Å². The fraction of sp³-hybridized carbons (Fsp3) is 0.417. The Kier molecular flexibility index (Phi) is 4.95. The van der Waals surface area contributed by atoms with E-state index >= 15 is 0 Å². The Hall–Kier alpha value is -1.39. The number of nitrogens with one attached hydrogen (secondary N) is 1. The lowest BCUT2D eigenvalue weighted by atomic mass is 10.1. The van der Waals surface area contributed by atoms with Crippen molar-refractivity contribution < 1.29 is 9.90 Å². The van der Waals surface area contributed by atoms with Crippen LogP contribution in [0, 0.1) is 0 Å². The normalized spacial score (nSPS) is 14.2. The number of carbonyl (C=O) groups excluding carboxylic acids is 1. The molecule has 2 atom stereocenters. The SMILES string of the molecule is C[C@@H](CO)NC(=O)[C@H](N)Cc1ccccc1. The third kappa shape index (κ3) is 4.00. The number of hydrogen-bond acceptors (Lipinski definition) is 3. The van der Waals surface area contributed by atoms with Crippen molar-refractivity contribution in [2.24, 2.45) is 5.73 Å². The molecule has 0 aliphatic rings. The monoisotopic (exact) mass is 222 g/mol. The van der Waals surface area contributed by atoms with Crippen LogP contribution in [0.5, 0.6) is 0 Å². The van der Waals surface area contributed by atoms with Gasteiger partial charge in [-0.25, -0.2) is 0 Å². The summed E-state index contributed by atoms with van der Waals surface area (Å²) in [5, 5.41) is 11.4. The molecule has 1 aromatic rings. The van der Waals surface area contributed by atoms with Gasteiger partial charge in [-0.2, -0.15) is 0 Å². The fourth-order valence-electron chi connectivity index (χ4n) is 1.36. The van der Waals surface area contributed by atoms with Crippen LogP contribution in [-0.4, -0.2) is 29.7 Å². The predicted octanol–water partition coefficient (Wildman–Crippen LogP) is 0.0534. The third-order valence-corrected chi connectivity index (χ3v) is 2.30. The Bertz CT molecular complexity index is 327. The molecule has 0 radical (unpaired) electrons. The second-order valence-electron chi connectivity index (χ2n) is 3.89. The first kappa shape index (κ1) is 12.7. The first-order valence-corrected chi connectivity index (χ1v) is 5.34. The zero-order valence-corrected chi connectivity index (χ0v) is 9.39. The largest absolute Gasteiger partial charge is 0.394 e. The van der Waals surface area contributed by atoms with Crippen LogP contribution in [0.4, 0.5) is 0 Å². The minimum absolute atomic E-state index is 0.0796. The highest BCUT2D eigenvalue weighted by Crippen LogP contribution is 2.01. The Morgan fingerprint density at radius 2 is 2.06 bits per heavy atom. The van der Waals surface area contributed by atoms with Gasteiger partial charge in [0.15, 0.2) is 0 Å². The number of aliphatic hydroxyl groups is 1. The van der Waals surface area contributed by atoms with Gasteiger partial charge in [0, 0.05) is 6.04 Å². The van der Waals surface area contributed by atoms with Gasteiger partial charge in [-0.1, -0.05) is 30.3 Å². The van der Waals surface area contributed by atoms with Crippen LogP contribution < -0.4 is 11.1 Å². The summed E-state index contributed by atoms with van der Waals surface area (Å²) in [6.45, 7) is 1.65. The zero-order chi connectivity index (χ0) is 12.0. The number of hydrogen-bond donors (Lipinski definition) is 3. The minimum atomic E-state index is -0.573. The molecule has 4 nitrogen and oxygen atoms in total. The number of nitrogens with two attached hydrogens (primary N) is 1. The second kappa shape index (κ2) is 6.25. The summed E-state index contributed by atoms with van der Waals surface area (Å²) in [5.41, 5.74) is 6.79. The van der Waals surface area contributed by atoms with Gasteiger partial charge in [-0.05, 0) is 18.9 Å². The summed E-state index contributed by atoms with van der Waals surface area (Å²) >= 11 is 0. The highest BCUT2D eigenvalue weighted by atomic mass is 16.3. The van der Waals surface area contributed by atoms with Crippen molar-refractivity contribution in [3.05, 3.63) is 35.9 Å². The van der Waals surface area contributed by atoms with Crippen LogP contribution in [0.15, 0.2) is 30.3 Å². The van der Waals surface area contributed by atoms with Crippen LogP contribution in [-0.2, 0) is 11.2 Å². The van der Waals surface area contributed by atoms with Crippen molar-refractivity contribution in [3.8, 4) is 0 Å². The van der Waals surface area contributed by atoms with Gasteiger partial charge < -0.3 is 16.2 Å². The predicted molar refractivity (Wildman–Crippen MR) is 62.8 cm³/mol. The van der Waals surface area contributed by atoms with Gasteiger partial charge in [0.25, 0.3) is 0 Å². The molecule has 1 rings (SSSR count). The molecule has 0 fully saturated rings. The van der Waals surface area contributed by atoms with Gasteiger partial charge in [-0.3, -0.25) is 4.79 Å². The van der Waals surface area contributed by atoms with E-state index in [4.69, 9.17) is 10.8 Å². The molecule has 0 unspecified atom stereocenters. The van der Waals surface area contributed by atoms with Crippen LogP contribution in [0.3, 0.4) is 0 Å². The molecule has 1 aromatic carbocycles. The van der Waals surface area contributed by atoms with Crippen molar-refractivity contribution in [1.82, 2.24) is 5.32 Å². The fourth-order valence-corrected chi connectivity index (χ4v) is 1.36. The molecule has 0 aromatic heterocycles. The van der Waals surface area contributed by atoms with Crippen molar-refractivity contribution >= 4 is 5.91 Å². The zero-order valence-electron chi connectivity index (χ0n) is 9.39. The molecule has 4 heteroatoms. The van der Waals surface area contributed by atoms with E-state index in [1.165, 1.54) is 0 Å². The Morgan fingerprint density at radius 1 is 1.44 bits per heavy atom. The van der Waals surface area contributed by atoms with E-state index in [0.717, 1.165) is 5.56 Å². The molecule has 0 bridgehead atoms. The molecule has 1 amide bonds. The molecule has 0 spiro atoms. The average molecular weight is 222 g/mol. The first-order valence-electron chi connectivity index (χ1n) is 5.34. The molecular formula is C12H18N2O2. The maximum absolute atomic E-state index is 11.6. The molecule has 88 valence electrons. The van der Waals surface area contributed by atoms with Crippen LogP contribution in [0.2, 0.25) is 0 Å². The molecular weight excluding hydrogens is 204 g/mol. The standard InChI is InChI=1S/C12H18N2O2/c1-9(8-15)14-12(16)11(13)7-10-5-3-2-4-6-10/h2-6,9,11,15H,7-8,13H2,1H3,(H,14,16)/t9-,11+/m0/s1. The lowest BCUT2D eigenvalue weighted by Gasteiger charge is -2.15. The number of benzene rings is 1. The summed E-state index contributed by atoms with van der Waals surface area (Å²) in [7, 11) is 0. The molecule has 0 saturated carbocycles. The van der Waals surface area contributed by atoms with Crippen molar-refractivity contribution in [2.45, 2.75) is 25.4 Å². The van der Waals surface area contributed by atoms with Gasteiger partial charge in [0.2, 0.25) is 5.91 Å². The lowest BCUT2D eigenvalue weighted by Crippen LogP contribution is -2.46. The van der Waals surface area contributed by atoms with E-state index in [0.29, 0.717) is 6.42 Å². The molecule has 0 aliphatic heterocycles. The summed E-state index contributed by atoms with van der Waals surface area (Å²) < 4.78 is 0. The highest BCUT2D eigenvalue weighted by Gasteiger charge is 2.15. The molecule has 0 heterocycles. The lowest BCUT2D eigenvalue weighted by molar-refractivity contribution is -0.123. The van der Waals surface area contributed by atoms with Gasteiger partial charge in [-0.15, -0.1) is 0 Å².